The third kappa shape index (κ3) is 10.5. The lowest BCUT2D eigenvalue weighted by Gasteiger charge is -2.23. The number of aliphatic hydroxyl groups excluding tert-OH is 2. The Balaban J connectivity index is 4.88. The van der Waals surface area contributed by atoms with E-state index in [4.69, 9.17) is 4.74 Å². The van der Waals surface area contributed by atoms with Gasteiger partial charge in [-0.1, -0.05) is 0 Å². The minimum Gasteiger partial charge on any atom is -0.444 e. The standard InChI is InChI=1S/C14H27N3O6/c1-8(18)6-15-11(20)10(12(21)16-7-9(2)19)17-13(22)23-14(3,4)5/h8-10,18-19H,6-7H2,1-5H3,(H,15,20)(H,16,21)(H,17,22). The van der Waals surface area contributed by atoms with E-state index in [1.165, 1.54) is 13.8 Å². The second kappa shape index (κ2) is 9.31. The Morgan fingerprint density at radius 2 is 1.35 bits per heavy atom. The average Bonchev–Trinajstić information content (AvgIpc) is 2.37. The molecular weight excluding hydrogens is 306 g/mol. The highest BCUT2D eigenvalue weighted by molar-refractivity contribution is 6.06. The molecule has 0 aliphatic heterocycles. The van der Waals surface area contributed by atoms with Gasteiger partial charge >= 0.3 is 6.09 Å². The molecular formula is C14H27N3O6. The molecule has 134 valence electrons. The molecule has 0 rings (SSSR count). The summed E-state index contributed by atoms with van der Waals surface area (Å²) in [6.45, 7) is 7.70. The van der Waals surface area contributed by atoms with Crippen molar-refractivity contribution >= 4 is 17.9 Å². The van der Waals surface area contributed by atoms with Crippen molar-refractivity contribution in [2.75, 3.05) is 13.1 Å². The highest BCUT2D eigenvalue weighted by Crippen LogP contribution is 2.06. The fourth-order valence-corrected chi connectivity index (χ4v) is 1.38. The molecule has 0 heterocycles. The largest absolute Gasteiger partial charge is 0.444 e. The van der Waals surface area contributed by atoms with E-state index in [1.54, 1.807) is 20.8 Å². The molecule has 0 aromatic rings. The van der Waals surface area contributed by atoms with Crippen LogP contribution in [0, 0.1) is 0 Å². The first kappa shape index (κ1) is 21.1. The third-order valence-corrected chi connectivity index (χ3v) is 2.33. The molecule has 2 atom stereocenters. The summed E-state index contributed by atoms with van der Waals surface area (Å²) in [5, 5.41) is 25.2. The third-order valence-electron chi connectivity index (χ3n) is 2.33. The van der Waals surface area contributed by atoms with Gasteiger partial charge < -0.3 is 30.9 Å². The van der Waals surface area contributed by atoms with E-state index in [9.17, 15) is 24.6 Å². The maximum atomic E-state index is 12.0. The Morgan fingerprint density at radius 1 is 0.957 bits per heavy atom. The molecule has 0 fully saturated rings. The number of carbonyl (C=O) groups excluding carboxylic acids is 3. The van der Waals surface area contributed by atoms with Crippen LogP contribution in [-0.2, 0) is 14.3 Å². The SMILES string of the molecule is CC(O)CNC(=O)C(NC(=O)OC(C)(C)C)C(=O)NCC(C)O. The van der Waals surface area contributed by atoms with Crippen LogP contribution in [0.2, 0.25) is 0 Å². The zero-order valence-electron chi connectivity index (χ0n) is 14.2. The minimum absolute atomic E-state index is 0.0744. The fourth-order valence-electron chi connectivity index (χ4n) is 1.38. The number of hydrogen-bond acceptors (Lipinski definition) is 6. The van der Waals surface area contributed by atoms with Gasteiger partial charge in [0.2, 0.25) is 0 Å². The molecule has 3 amide bonds. The second-order valence-electron chi connectivity index (χ2n) is 6.27. The first-order valence-corrected chi connectivity index (χ1v) is 7.33. The Morgan fingerprint density at radius 3 is 1.65 bits per heavy atom. The maximum absolute atomic E-state index is 12.0. The monoisotopic (exact) mass is 333 g/mol. The second-order valence-corrected chi connectivity index (χ2v) is 6.27. The average molecular weight is 333 g/mol. The van der Waals surface area contributed by atoms with Crippen LogP contribution in [0.5, 0.6) is 0 Å². The van der Waals surface area contributed by atoms with Gasteiger partial charge in [-0.15, -0.1) is 0 Å². The summed E-state index contributed by atoms with van der Waals surface area (Å²) in [5.41, 5.74) is -0.791. The molecule has 0 saturated carbocycles. The molecule has 9 nitrogen and oxygen atoms in total. The van der Waals surface area contributed by atoms with E-state index in [2.05, 4.69) is 16.0 Å². The normalized spacial score (nSPS) is 15.1. The maximum Gasteiger partial charge on any atom is 0.408 e. The van der Waals surface area contributed by atoms with Crippen LogP contribution in [0.15, 0.2) is 0 Å². The minimum atomic E-state index is -1.54. The predicted octanol–water partition coefficient (Wildman–Crippen LogP) is -1.13. The van der Waals surface area contributed by atoms with E-state index >= 15 is 0 Å². The summed E-state index contributed by atoms with van der Waals surface area (Å²) in [4.78, 5) is 35.8. The topological polar surface area (TPSA) is 137 Å². The molecule has 0 aliphatic carbocycles. The summed E-state index contributed by atoms with van der Waals surface area (Å²) in [6, 6.07) is -1.54. The van der Waals surface area contributed by atoms with Crippen molar-refractivity contribution < 1.29 is 29.3 Å². The number of alkyl carbamates (subject to hydrolysis) is 1. The van der Waals surface area contributed by atoms with E-state index in [1.807, 2.05) is 0 Å². The van der Waals surface area contributed by atoms with Crippen LogP contribution in [0.3, 0.4) is 0 Å². The van der Waals surface area contributed by atoms with Crippen molar-refractivity contribution in [2.45, 2.75) is 58.5 Å². The van der Waals surface area contributed by atoms with Crippen LogP contribution in [0.1, 0.15) is 34.6 Å². The van der Waals surface area contributed by atoms with Gasteiger partial charge in [0.25, 0.3) is 11.8 Å². The number of rotatable bonds is 7. The lowest BCUT2D eigenvalue weighted by atomic mass is 10.2. The zero-order valence-corrected chi connectivity index (χ0v) is 14.2. The lowest BCUT2D eigenvalue weighted by molar-refractivity contribution is -0.133. The number of aliphatic hydroxyl groups is 2. The number of nitrogens with one attached hydrogen (secondary N) is 3. The van der Waals surface area contributed by atoms with Gasteiger partial charge in [0.05, 0.1) is 12.2 Å². The molecule has 0 aromatic carbocycles. The highest BCUT2D eigenvalue weighted by Gasteiger charge is 2.30. The summed E-state index contributed by atoms with van der Waals surface area (Å²) in [5.74, 6) is -1.58. The van der Waals surface area contributed by atoms with Gasteiger partial charge in [0, 0.05) is 13.1 Å². The van der Waals surface area contributed by atoms with Crippen molar-refractivity contribution in [1.82, 2.24) is 16.0 Å². The van der Waals surface area contributed by atoms with Gasteiger partial charge in [0.15, 0.2) is 6.04 Å². The molecule has 0 saturated heterocycles. The van der Waals surface area contributed by atoms with Crippen LogP contribution in [0.25, 0.3) is 0 Å². The van der Waals surface area contributed by atoms with E-state index < -0.39 is 41.8 Å². The first-order chi connectivity index (χ1) is 10.4. The van der Waals surface area contributed by atoms with E-state index in [0.717, 1.165) is 0 Å². The van der Waals surface area contributed by atoms with Gasteiger partial charge in [0.1, 0.15) is 5.60 Å². The van der Waals surface area contributed by atoms with Crippen molar-refractivity contribution in [2.24, 2.45) is 0 Å². The molecule has 5 N–H and O–H groups in total. The van der Waals surface area contributed by atoms with Gasteiger partial charge in [-0.25, -0.2) is 4.79 Å². The molecule has 2 unspecified atom stereocenters. The number of hydrogen-bond donors (Lipinski definition) is 5. The van der Waals surface area contributed by atoms with Gasteiger partial charge in [-0.3, -0.25) is 9.59 Å². The van der Waals surface area contributed by atoms with Crippen molar-refractivity contribution in [3.8, 4) is 0 Å². The van der Waals surface area contributed by atoms with Crippen molar-refractivity contribution in [1.29, 1.82) is 0 Å². The summed E-state index contributed by atoms with van der Waals surface area (Å²) >= 11 is 0. The van der Waals surface area contributed by atoms with Crippen molar-refractivity contribution in [3.05, 3.63) is 0 Å². The molecule has 0 radical (unpaired) electrons. The van der Waals surface area contributed by atoms with Gasteiger partial charge in [-0.05, 0) is 34.6 Å². The van der Waals surface area contributed by atoms with Gasteiger partial charge in [-0.2, -0.15) is 0 Å². The van der Waals surface area contributed by atoms with E-state index in [-0.39, 0.29) is 13.1 Å². The van der Waals surface area contributed by atoms with Crippen LogP contribution >= 0.6 is 0 Å². The van der Waals surface area contributed by atoms with Crippen LogP contribution in [0.4, 0.5) is 4.79 Å². The van der Waals surface area contributed by atoms with Crippen LogP contribution < -0.4 is 16.0 Å². The number of amides is 3. The lowest BCUT2D eigenvalue weighted by Crippen LogP contribution is -2.57. The Kier molecular flexibility index (Phi) is 8.55. The molecule has 0 spiro atoms. The Hall–Kier alpha value is -1.87. The number of carbonyl (C=O) groups is 3. The summed E-state index contributed by atoms with van der Waals surface area (Å²) < 4.78 is 5.01. The first-order valence-electron chi connectivity index (χ1n) is 7.33. The fraction of sp³-hybridized carbons (Fsp3) is 0.786. The molecule has 0 bridgehead atoms. The quantitative estimate of drug-likeness (QED) is 0.374. The smallest absolute Gasteiger partial charge is 0.408 e. The van der Waals surface area contributed by atoms with Crippen molar-refractivity contribution in [3.63, 3.8) is 0 Å². The van der Waals surface area contributed by atoms with Crippen LogP contribution in [-0.4, -0.2) is 65.1 Å². The number of ether oxygens (including phenoxy) is 1. The Labute approximate surface area is 135 Å². The Bertz CT molecular complexity index is 393. The highest BCUT2D eigenvalue weighted by atomic mass is 16.6. The molecule has 0 aliphatic rings. The molecule has 9 heteroatoms. The zero-order chi connectivity index (χ0) is 18.2. The predicted molar refractivity (Wildman–Crippen MR) is 82.5 cm³/mol. The summed E-state index contributed by atoms with van der Waals surface area (Å²) in [6.07, 6.45) is -2.54. The summed E-state index contributed by atoms with van der Waals surface area (Å²) in [7, 11) is 0. The molecule has 23 heavy (non-hydrogen) atoms. The molecule has 0 aromatic heterocycles. The van der Waals surface area contributed by atoms with E-state index in [0.29, 0.717) is 0 Å².